The lowest BCUT2D eigenvalue weighted by Gasteiger charge is -2.12. The summed E-state index contributed by atoms with van der Waals surface area (Å²) >= 11 is 2.37. The molecule has 0 aliphatic carbocycles. The van der Waals surface area contributed by atoms with E-state index in [-0.39, 0.29) is 35.8 Å². The van der Waals surface area contributed by atoms with E-state index in [1.165, 1.54) is 23.5 Å². The number of nitrogens with zero attached hydrogens (tertiary/aromatic N) is 1. The van der Waals surface area contributed by atoms with Gasteiger partial charge in [-0.2, -0.15) is 0 Å². The van der Waals surface area contributed by atoms with Gasteiger partial charge in [0, 0.05) is 41.5 Å². The molecule has 3 amide bonds. The molecule has 0 atom stereocenters. The van der Waals surface area contributed by atoms with E-state index < -0.39 is 0 Å². The fraction of sp³-hybridized carbons (Fsp3) is 0.190. The Hall–Kier alpha value is -2.91. The number of amides is 3. The molecule has 1 aliphatic rings. The van der Waals surface area contributed by atoms with E-state index in [4.69, 9.17) is 0 Å². The Morgan fingerprint density at radius 3 is 2.93 bits per heavy atom. The highest BCUT2D eigenvalue weighted by atomic mass is 32.2. The summed E-state index contributed by atoms with van der Waals surface area (Å²) < 4.78 is 13.4. The fourth-order valence-corrected chi connectivity index (χ4v) is 4.78. The van der Waals surface area contributed by atoms with Crippen LogP contribution < -0.4 is 5.32 Å². The number of aromatic nitrogens is 1. The molecule has 0 radical (unpaired) electrons. The van der Waals surface area contributed by atoms with E-state index in [0.29, 0.717) is 17.9 Å². The summed E-state index contributed by atoms with van der Waals surface area (Å²) in [5.74, 6) is -0.924. The van der Waals surface area contributed by atoms with Crippen molar-refractivity contribution in [2.75, 3.05) is 13.1 Å². The van der Waals surface area contributed by atoms with Gasteiger partial charge in [-0.15, -0.1) is 11.3 Å². The van der Waals surface area contributed by atoms with E-state index in [9.17, 15) is 18.8 Å². The molecule has 1 aromatic carbocycles. The van der Waals surface area contributed by atoms with Crippen molar-refractivity contribution in [1.29, 1.82) is 0 Å². The first-order valence-electron chi connectivity index (χ1n) is 9.32. The highest BCUT2D eigenvalue weighted by molar-refractivity contribution is 8.18. The Balaban J connectivity index is 1.27. The third kappa shape index (κ3) is 4.47. The van der Waals surface area contributed by atoms with Crippen LogP contribution in [0.25, 0.3) is 17.0 Å². The number of H-pyrrole nitrogens is 1. The van der Waals surface area contributed by atoms with Crippen molar-refractivity contribution in [3.63, 3.8) is 0 Å². The molecule has 0 saturated carbocycles. The molecule has 4 rings (SSSR count). The second-order valence-corrected chi connectivity index (χ2v) is 8.68. The number of nitrogens with one attached hydrogen (secondary N) is 2. The fourth-order valence-electron chi connectivity index (χ4n) is 3.19. The number of thioether (sulfide) groups is 1. The number of carbonyl (C=O) groups is 3. The Bertz CT molecular complexity index is 1140. The normalized spacial score (nSPS) is 15.5. The predicted molar refractivity (Wildman–Crippen MR) is 117 cm³/mol. The van der Waals surface area contributed by atoms with Crippen LogP contribution in [0.5, 0.6) is 0 Å². The standard InChI is InChI=1S/C21H18FN3O3S2/c22-14-3-4-17-16(10-14)13(12-24-17)5-7-23-19(26)6-8-25-20(27)18(30-21(25)28)11-15-2-1-9-29-15/h1-4,9-12,24H,5-8H2,(H,23,26)/b18-11-. The van der Waals surface area contributed by atoms with Crippen LogP contribution in [-0.2, 0) is 16.0 Å². The average molecular weight is 444 g/mol. The molecule has 1 fully saturated rings. The third-order valence-corrected chi connectivity index (χ3v) is 6.43. The van der Waals surface area contributed by atoms with Crippen LogP contribution in [0.1, 0.15) is 16.9 Å². The van der Waals surface area contributed by atoms with Crippen LogP contribution in [0.3, 0.4) is 0 Å². The minimum absolute atomic E-state index is 0.0346. The van der Waals surface area contributed by atoms with Crippen LogP contribution in [0, 0.1) is 5.82 Å². The van der Waals surface area contributed by atoms with Gasteiger partial charge in [0.15, 0.2) is 0 Å². The van der Waals surface area contributed by atoms with Crippen molar-refractivity contribution in [2.45, 2.75) is 12.8 Å². The molecule has 2 aromatic heterocycles. The van der Waals surface area contributed by atoms with E-state index >= 15 is 0 Å². The van der Waals surface area contributed by atoms with E-state index in [2.05, 4.69) is 10.3 Å². The second kappa shape index (κ2) is 8.85. The molecule has 1 aliphatic heterocycles. The molecule has 9 heteroatoms. The third-order valence-electron chi connectivity index (χ3n) is 4.70. The Morgan fingerprint density at radius 2 is 2.13 bits per heavy atom. The zero-order valence-electron chi connectivity index (χ0n) is 15.8. The van der Waals surface area contributed by atoms with E-state index in [1.807, 2.05) is 17.5 Å². The average Bonchev–Trinajstić information content (AvgIpc) is 3.42. The Morgan fingerprint density at radius 1 is 1.27 bits per heavy atom. The highest BCUT2D eigenvalue weighted by Gasteiger charge is 2.35. The van der Waals surface area contributed by atoms with Crippen molar-refractivity contribution in [3.8, 4) is 0 Å². The number of imide groups is 1. The van der Waals surface area contributed by atoms with Gasteiger partial charge in [0.05, 0.1) is 4.91 Å². The molecule has 0 bridgehead atoms. The van der Waals surface area contributed by atoms with Crippen molar-refractivity contribution < 1.29 is 18.8 Å². The van der Waals surface area contributed by atoms with Gasteiger partial charge in [-0.1, -0.05) is 6.07 Å². The van der Waals surface area contributed by atoms with Crippen LogP contribution in [0.4, 0.5) is 9.18 Å². The highest BCUT2D eigenvalue weighted by Crippen LogP contribution is 2.32. The molecular weight excluding hydrogens is 425 g/mol. The molecule has 2 N–H and O–H groups in total. The maximum Gasteiger partial charge on any atom is 0.293 e. The molecule has 1 saturated heterocycles. The maximum absolute atomic E-state index is 13.4. The zero-order valence-corrected chi connectivity index (χ0v) is 17.4. The molecule has 154 valence electrons. The van der Waals surface area contributed by atoms with Gasteiger partial charge in [-0.3, -0.25) is 19.3 Å². The van der Waals surface area contributed by atoms with Crippen molar-refractivity contribution in [3.05, 3.63) is 63.1 Å². The van der Waals surface area contributed by atoms with Gasteiger partial charge in [-0.05, 0) is 59.5 Å². The lowest BCUT2D eigenvalue weighted by atomic mass is 10.1. The van der Waals surface area contributed by atoms with Crippen molar-refractivity contribution in [2.24, 2.45) is 0 Å². The SMILES string of the molecule is O=C(CCN1C(=O)S/C(=C\c2cccs2)C1=O)NCCc1c[nH]c2ccc(F)cc12. The Labute approximate surface area is 180 Å². The summed E-state index contributed by atoms with van der Waals surface area (Å²) in [6.07, 6.45) is 4.07. The first-order chi connectivity index (χ1) is 14.5. The maximum atomic E-state index is 13.4. The molecule has 6 nitrogen and oxygen atoms in total. The second-order valence-electron chi connectivity index (χ2n) is 6.70. The predicted octanol–water partition coefficient (Wildman–Crippen LogP) is 4.15. The van der Waals surface area contributed by atoms with Gasteiger partial charge in [-0.25, -0.2) is 4.39 Å². The van der Waals surface area contributed by atoms with Gasteiger partial charge < -0.3 is 10.3 Å². The summed E-state index contributed by atoms with van der Waals surface area (Å²) in [6, 6.07) is 8.28. The molecule has 0 spiro atoms. The number of hydrogen-bond acceptors (Lipinski definition) is 5. The lowest BCUT2D eigenvalue weighted by molar-refractivity contribution is -0.124. The number of benzene rings is 1. The summed E-state index contributed by atoms with van der Waals surface area (Å²) in [5, 5.41) is 5.11. The summed E-state index contributed by atoms with van der Waals surface area (Å²) in [6.45, 7) is 0.416. The van der Waals surface area contributed by atoms with Crippen molar-refractivity contribution in [1.82, 2.24) is 15.2 Å². The smallest absolute Gasteiger partial charge is 0.293 e. The number of halogens is 1. The number of hydrogen-bond donors (Lipinski definition) is 2. The Kier molecular flexibility index (Phi) is 6.01. The molecular formula is C21H18FN3O3S2. The molecule has 0 unspecified atom stereocenters. The van der Waals surface area contributed by atoms with Crippen LogP contribution in [0.2, 0.25) is 0 Å². The van der Waals surface area contributed by atoms with Crippen LogP contribution in [-0.4, -0.2) is 40.0 Å². The topological polar surface area (TPSA) is 82.3 Å². The zero-order chi connectivity index (χ0) is 21.1. The quantitative estimate of drug-likeness (QED) is 0.538. The number of thiophene rings is 1. The molecule has 30 heavy (non-hydrogen) atoms. The minimum atomic E-state index is -0.369. The van der Waals surface area contributed by atoms with E-state index in [0.717, 1.165) is 38.0 Å². The number of rotatable bonds is 7. The van der Waals surface area contributed by atoms with Crippen LogP contribution >= 0.6 is 23.1 Å². The summed E-state index contributed by atoms with van der Waals surface area (Å²) in [7, 11) is 0. The monoisotopic (exact) mass is 443 g/mol. The van der Waals surface area contributed by atoms with Crippen molar-refractivity contribution >= 4 is 57.1 Å². The first-order valence-corrected chi connectivity index (χ1v) is 11.0. The van der Waals surface area contributed by atoms with Gasteiger partial charge in [0.2, 0.25) is 5.91 Å². The molecule has 3 aromatic rings. The summed E-state index contributed by atoms with van der Waals surface area (Å²) in [5.41, 5.74) is 1.75. The van der Waals surface area contributed by atoms with Crippen LogP contribution in [0.15, 0.2) is 46.8 Å². The van der Waals surface area contributed by atoms with Gasteiger partial charge in [0.1, 0.15) is 5.82 Å². The van der Waals surface area contributed by atoms with Gasteiger partial charge >= 0.3 is 0 Å². The molecule has 3 heterocycles. The number of fused-ring (bicyclic) bond motifs is 1. The largest absolute Gasteiger partial charge is 0.361 e. The minimum Gasteiger partial charge on any atom is -0.361 e. The summed E-state index contributed by atoms with van der Waals surface area (Å²) in [4.78, 5) is 42.2. The van der Waals surface area contributed by atoms with E-state index in [1.54, 1.807) is 18.3 Å². The number of carbonyl (C=O) groups excluding carboxylic acids is 3. The number of aromatic amines is 1. The van der Waals surface area contributed by atoms with Gasteiger partial charge in [0.25, 0.3) is 11.1 Å². The lowest BCUT2D eigenvalue weighted by Crippen LogP contribution is -2.34. The first kappa shape index (κ1) is 20.4.